The minimum absolute atomic E-state index is 0.291. The largest absolute Gasteiger partial charge is 0.416 e. The maximum absolute atomic E-state index is 12.8. The summed E-state index contributed by atoms with van der Waals surface area (Å²) in [7, 11) is 1.91. The van der Waals surface area contributed by atoms with Gasteiger partial charge in [0.25, 0.3) is 0 Å². The van der Waals surface area contributed by atoms with E-state index in [2.05, 4.69) is 17.4 Å². The van der Waals surface area contributed by atoms with Gasteiger partial charge in [0.05, 0.1) is 5.56 Å². The number of rotatable bonds is 6. The molecule has 2 rings (SSSR count). The SMILES string of the molecule is CNCCC(Cc1ccc(C(F)(F)F)cc1C)c1ccccc1. The minimum atomic E-state index is -4.28. The van der Waals surface area contributed by atoms with Crippen molar-refractivity contribution in [1.29, 1.82) is 0 Å². The van der Waals surface area contributed by atoms with Gasteiger partial charge in [0.15, 0.2) is 0 Å². The third kappa shape index (κ3) is 4.83. The minimum Gasteiger partial charge on any atom is -0.320 e. The molecule has 0 fully saturated rings. The van der Waals surface area contributed by atoms with Gasteiger partial charge in [-0.25, -0.2) is 0 Å². The second kappa shape index (κ2) is 7.64. The zero-order valence-electron chi connectivity index (χ0n) is 13.5. The fourth-order valence-electron chi connectivity index (χ4n) is 2.80. The fourth-order valence-corrected chi connectivity index (χ4v) is 2.80. The number of hydrogen-bond acceptors (Lipinski definition) is 1. The van der Waals surface area contributed by atoms with Crippen LogP contribution in [0.25, 0.3) is 0 Å². The van der Waals surface area contributed by atoms with Gasteiger partial charge in [-0.2, -0.15) is 13.2 Å². The number of halogens is 3. The van der Waals surface area contributed by atoms with Gasteiger partial charge in [0.1, 0.15) is 0 Å². The van der Waals surface area contributed by atoms with Crippen LogP contribution in [0.5, 0.6) is 0 Å². The topological polar surface area (TPSA) is 12.0 Å². The van der Waals surface area contributed by atoms with Gasteiger partial charge in [0.2, 0.25) is 0 Å². The van der Waals surface area contributed by atoms with E-state index in [-0.39, 0.29) is 0 Å². The summed E-state index contributed by atoms with van der Waals surface area (Å²) in [6.07, 6.45) is -2.59. The summed E-state index contributed by atoms with van der Waals surface area (Å²) in [5.74, 6) is 0.291. The molecule has 124 valence electrons. The molecule has 0 heterocycles. The van der Waals surface area contributed by atoms with Crippen LogP contribution in [0.3, 0.4) is 0 Å². The summed E-state index contributed by atoms with van der Waals surface area (Å²) in [6.45, 7) is 2.63. The van der Waals surface area contributed by atoms with Crippen LogP contribution in [0.15, 0.2) is 48.5 Å². The van der Waals surface area contributed by atoms with E-state index >= 15 is 0 Å². The smallest absolute Gasteiger partial charge is 0.320 e. The first-order valence-electron chi connectivity index (χ1n) is 7.78. The van der Waals surface area contributed by atoms with E-state index in [4.69, 9.17) is 0 Å². The lowest BCUT2D eigenvalue weighted by Crippen LogP contribution is -2.14. The molecule has 0 aliphatic heterocycles. The van der Waals surface area contributed by atoms with E-state index in [1.165, 1.54) is 17.7 Å². The lowest BCUT2D eigenvalue weighted by Gasteiger charge is -2.19. The number of nitrogens with one attached hydrogen (secondary N) is 1. The van der Waals surface area contributed by atoms with Crippen LogP contribution in [0.1, 0.15) is 34.6 Å². The zero-order chi connectivity index (χ0) is 16.9. The molecule has 0 bridgehead atoms. The molecular formula is C19H22F3N. The van der Waals surface area contributed by atoms with Gasteiger partial charge in [0, 0.05) is 0 Å². The number of hydrogen-bond donors (Lipinski definition) is 1. The van der Waals surface area contributed by atoms with Gasteiger partial charge in [-0.15, -0.1) is 0 Å². The number of benzene rings is 2. The highest BCUT2D eigenvalue weighted by molar-refractivity contribution is 5.34. The van der Waals surface area contributed by atoms with Crippen LogP contribution < -0.4 is 5.32 Å². The van der Waals surface area contributed by atoms with Crippen molar-refractivity contribution in [2.24, 2.45) is 0 Å². The lowest BCUT2D eigenvalue weighted by atomic mass is 9.87. The molecule has 0 aliphatic carbocycles. The molecule has 0 spiro atoms. The second-order valence-corrected chi connectivity index (χ2v) is 5.84. The molecule has 1 N–H and O–H groups in total. The average Bonchev–Trinajstić information content (AvgIpc) is 2.52. The highest BCUT2D eigenvalue weighted by Crippen LogP contribution is 2.32. The summed E-state index contributed by atoms with van der Waals surface area (Å²) >= 11 is 0. The molecule has 0 amide bonds. The Kier molecular flexibility index (Phi) is 5.83. The average molecular weight is 321 g/mol. The first-order valence-corrected chi connectivity index (χ1v) is 7.78. The van der Waals surface area contributed by atoms with Gasteiger partial charge in [-0.05, 0) is 68.1 Å². The zero-order valence-corrected chi connectivity index (χ0v) is 13.5. The molecule has 2 aromatic carbocycles. The van der Waals surface area contributed by atoms with Gasteiger partial charge < -0.3 is 5.32 Å². The molecular weight excluding hydrogens is 299 g/mol. The Bertz CT molecular complexity index is 620. The fraction of sp³-hybridized carbons (Fsp3) is 0.368. The van der Waals surface area contributed by atoms with Crippen LogP contribution >= 0.6 is 0 Å². The van der Waals surface area contributed by atoms with E-state index in [1.54, 1.807) is 13.0 Å². The van der Waals surface area contributed by atoms with Crippen LogP contribution in [-0.4, -0.2) is 13.6 Å². The molecule has 0 saturated heterocycles. The maximum Gasteiger partial charge on any atom is 0.416 e. The van der Waals surface area contributed by atoms with E-state index in [9.17, 15) is 13.2 Å². The summed E-state index contributed by atoms with van der Waals surface area (Å²) < 4.78 is 38.4. The van der Waals surface area contributed by atoms with Crippen molar-refractivity contribution in [3.8, 4) is 0 Å². The Hall–Kier alpha value is -1.81. The van der Waals surface area contributed by atoms with E-state index in [1.807, 2.05) is 25.2 Å². The van der Waals surface area contributed by atoms with E-state index in [0.29, 0.717) is 11.5 Å². The molecule has 0 aliphatic rings. The number of alkyl halides is 3. The summed E-state index contributed by atoms with van der Waals surface area (Å²) in [6, 6.07) is 14.2. The van der Waals surface area contributed by atoms with Crippen molar-refractivity contribution in [1.82, 2.24) is 5.32 Å². The summed E-state index contributed by atoms with van der Waals surface area (Å²) in [4.78, 5) is 0. The normalized spacial score (nSPS) is 13.1. The Morgan fingerprint density at radius 2 is 1.74 bits per heavy atom. The van der Waals surface area contributed by atoms with Crippen LogP contribution in [0, 0.1) is 6.92 Å². The molecule has 1 nitrogen and oxygen atoms in total. The van der Waals surface area contributed by atoms with Crippen molar-refractivity contribution in [3.63, 3.8) is 0 Å². The summed E-state index contributed by atoms with van der Waals surface area (Å²) in [5, 5.41) is 3.15. The van der Waals surface area contributed by atoms with Gasteiger partial charge in [-0.3, -0.25) is 0 Å². The van der Waals surface area contributed by atoms with E-state index in [0.717, 1.165) is 24.9 Å². The lowest BCUT2D eigenvalue weighted by molar-refractivity contribution is -0.137. The van der Waals surface area contributed by atoms with Gasteiger partial charge in [-0.1, -0.05) is 36.4 Å². The van der Waals surface area contributed by atoms with Crippen molar-refractivity contribution in [2.45, 2.75) is 31.9 Å². The quantitative estimate of drug-likeness (QED) is 0.794. The predicted octanol–water partition coefficient (Wildman–Crippen LogP) is 4.95. The monoisotopic (exact) mass is 321 g/mol. The Morgan fingerprint density at radius 1 is 1.04 bits per heavy atom. The van der Waals surface area contributed by atoms with Crippen LogP contribution in [0.2, 0.25) is 0 Å². The Balaban J connectivity index is 2.22. The van der Waals surface area contributed by atoms with Crippen molar-refractivity contribution >= 4 is 0 Å². The van der Waals surface area contributed by atoms with E-state index < -0.39 is 11.7 Å². The van der Waals surface area contributed by atoms with Crippen LogP contribution in [-0.2, 0) is 12.6 Å². The van der Waals surface area contributed by atoms with Crippen molar-refractivity contribution in [2.75, 3.05) is 13.6 Å². The standard InChI is InChI=1S/C19H22F3N/c1-14-12-18(19(20,21)22)9-8-16(14)13-17(10-11-23-2)15-6-4-3-5-7-15/h3-9,12,17,23H,10-11,13H2,1-2H3. The second-order valence-electron chi connectivity index (χ2n) is 5.84. The highest BCUT2D eigenvalue weighted by Gasteiger charge is 2.30. The van der Waals surface area contributed by atoms with Gasteiger partial charge >= 0.3 is 6.18 Å². The Morgan fingerprint density at radius 3 is 2.30 bits per heavy atom. The maximum atomic E-state index is 12.8. The third-order valence-electron chi connectivity index (χ3n) is 4.15. The predicted molar refractivity (Wildman–Crippen MR) is 87.6 cm³/mol. The third-order valence-corrected chi connectivity index (χ3v) is 4.15. The number of aryl methyl sites for hydroxylation is 1. The molecule has 1 atom stereocenters. The first-order chi connectivity index (χ1) is 10.9. The molecule has 4 heteroatoms. The van der Waals surface area contributed by atoms with Crippen molar-refractivity contribution < 1.29 is 13.2 Å². The molecule has 0 radical (unpaired) electrons. The highest BCUT2D eigenvalue weighted by atomic mass is 19.4. The summed E-state index contributed by atoms with van der Waals surface area (Å²) in [5.41, 5.74) is 2.32. The molecule has 1 unspecified atom stereocenters. The molecule has 0 aromatic heterocycles. The molecule has 2 aromatic rings. The van der Waals surface area contributed by atoms with Crippen molar-refractivity contribution in [3.05, 3.63) is 70.8 Å². The Labute approximate surface area is 135 Å². The molecule has 0 saturated carbocycles. The molecule has 23 heavy (non-hydrogen) atoms. The first kappa shape index (κ1) is 17.5. The van der Waals surface area contributed by atoms with Crippen LogP contribution in [0.4, 0.5) is 13.2 Å².